The largest absolute Gasteiger partial charge is 0.496 e. The molecule has 0 bridgehead atoms. The van der Waals surface area contributed by atoms with Gasteiger partial charge >= 0.3 is 0 Å². The van der Waals surface area contributed by atoms with Gasteiger partial charge in [0.25, 0.3) is 0 Å². The third-order valence-corrected chi connectivity index (χ3v) is 7.84. The molecule has 0 spiro atoms. The van der Waals surface area contributed by atoms with Crippen LogP contribution in [-0.4, -0.2) is 33.3 Å². The SMILES string of the molecule is COc1cccc(C)c1-c1c2ccc(=[N+]3CCCCC3)cc-2oc2cc(N3CCCCC3)ccc12. The molecule has 3 heterocycles. The van der Waals surface area contributed by atoms with E-state index in [4.69, 9.17) is 9.15 Å². The second-order valence-electron chi connectivity index (χ2n) is 10.1. The molecule has 2 fully saturated rings. The van der Waals surface area contributed by atoms with Crippen LogP contribution in [0.5, 0.6) is 5.75 Å². The summed E-state index contributed by atoms with van der Waals surface area (Å²) in [5.41, 5.74) is 6.89. The Morgan fingerprint density at radius 1 is 0.829 bits per heavy atom. The van der Waals surface area contributed by atoms with Gasteiger partial charge < -0.3 is 14.1 Å². The van der Waals surface area contributed by atoms with Gasteiger partial charge in [-0.25, -0.2) is 4.58 Å². The summed E-state index contributed by atoms with van der Waals surface area (Å²) in [5, 5.41) is 2.40. The molecule has 0 atom stereocenters. The highest BCUT2D eigenvalue weighted by atomic mass is 16.5. The topological polar surface area (TPSA) is 28.6 Å². The number of aryl methyl sites for hydroxylation is 1. The van der Waals surface area contributed by atoms with Gasteiger partial charge in [-0.3, -0.25) is 0 Å². The molecule has 3 aliphatic heterocycles. The van der Waals surface area contributed by atoms with E-state index < -0.39 is 0 Å². The van der Waals surface area contributed by atoms with Crippen LogP contribution in [0.15, 0.2) is 59.0 Å². The number of fused-ring (bicyclic) bond motifs is 2. The molecule has 0 aromatic heterocycles. The quantitative estimate of drug-likeness (QED) is 0.255. The summed E-state index contributed by atoms with van der Waals surface area (Å²) in [5.74, 6) is 1.84. The van der Waals surface area contributed by atoms with E-state index in [1.54, 1.807) is 7.11 Å². The van der Waals surface area contributed by atoms with E-state index in [2.05, 4.69) is 71.0 Å². The van der Waals surface area contributed by atoms with Crippen LogP contribution in [0.4, 0.5) is 5.69 Å². The van der Waals surface area contributed by atoms with E-state index in [0.29, 0.717) is 0 Å². The number of hydrogen-bond donors (Lipinski definition) is 0. The number of benzene rings is 3. The lowest BCUT2D eigenvalue weighted by Gasteiger charge is -2.29. The van der Waals surface area contributed by atoms with Crippen LogP contribution in [0.3, 0.4) is 0 Å². The van der Waals surface area contributed by atoms with Gasteiger partial charge in [0.1, 0.15) is 30.2 Å². The summed E-state index contributed by atoms with van der Waals surface area (Å²) in [6, 6.07) is 19.8. The van der Waals surface area contributed by atoms with E-state index in [1.165, 1.54) is 60.7 Å². The third kappa shape index (κ3) is 4.09. The van der Waals surface area contributed by atoms with Crippen molar-refractivity contribution >= 4 is 16.7 Å². The average molecular weight is 468 g/mol. The molecular weight excluding hydrogens is 432 g/mol. The van der Waals surface area contributed by atoms with Crippen LogP contribution >= 0.6 is 0 Å². The molecule has 1 aliphatic carbocycles. The minimum Gasteiger partial charge on any atom is -0.496 e. The molecule has 6 rings (SSSR count). The van der Waals surface area contributed by atoms with Gasteiger partial charge in [0.2, 0.25) is 5.36 Å². The highest BCUT2D eigenvalue weighted by Gasteiger charge is 2.23. The van der Waals surface area contributed by atoms with Crippen molar-refractivity contribution in [2.75, 3.05) is 38.2 Å². The summed E-state index contributed by atoms with van der Waals surface area (Å²) in [6.45, 7) is 6.66. The van der Waals surface area contributed by atoms with Gasteiger partial charge in [-0.1, -0.05) is 12.1 Å². The number of anilines is 1. The molecule has 2 aromatic rings. The van der Waals surface area contributed by atoms with Crippen molar-refractivity contribution in [2.24, 2.45) is 0 Å². The van der Waals surface area contributed by atoms with E-state index in [0.717, 1.165) is 59.8 Å². The number of methoxy groups -OCH3 is 1. The van der Waals surface area contributed by atoms with Crippen LogP contribution in [0.1, 0.15) is 44.1 Å². The zero-order chi connectivity index (χ0) is 23.8. The van der Waals surface area contributed by atoms with E-state index in [-0.39, 0.29) is 0 Å². The fourth-order valence-electron chi connectivity index (χ4n) is 5.97. The standard InChI is InChI=1S/C31H35N2O2/c1-22-10-9-11-27(34-2)30(22)31-25-14-12-23(32-16-5-3-6-17-32)20-28(25)35-29-21-24(13-15-26(29)31)33-18-7-4-8-19-33/h9-15,20-21H,3-8,16-19H2,1-2H3/q+1. The number of ether oxygens (including phenoxy) is 1. The molecule has 0 N–H and O–H groups in total. The van der Waals surface area contributed by atoms with Crippen LogP contribution in [0.2, 0.25) is 0 Å². The third-order valence-electron chi connectivity index (χ3n) is 7.84. The molecule has 35 heavy (non-hydrogen) atoms. The van der Waals surface area contributed by atoms with Gasteiger partial charge in [0.15, 0.2) is 0 Å². The summed E-state index contributed by atoms with van der Waals surface area (Å²) in [7, 11) is 1.76. The lowest BCUT2D eigenvalue weighted by atomic mass is 9.90. The number of piperidine rings is 2. The highest BCUT2D eigenvalue weighted by molar-refractivity contribution is 6.04. The first-order chi connectivity index (χ1) is 17.2. The molecule has 0 amide bonds. The average Bonchev–Trinajstić information content (AvgIpc) is 2.92. The van der Waals surface area contributed by atoms with Crippen LogP contribution in [-0.2, 0) is 0 Å². The van der Waals surface area contributed by atoms with Gasteiger partial charge in [0.05, 0.1) is 13.2 Å². The van der Waals surface area contributed by atoms with E-state index >= 15 is 0 Å². The maximum atomic E-state index is 6.69. The first-order valence-corrected chi connectivity index (χ1v) is 13.2. The molecule has 2 aromatic carbocycles. The predicted octanol–water partition coefficient (Wildman–Crippen LogP) is 6.47. The van der Waals surface area contributed by atoms with E-state index in [9.17, 15) is 0 Å². The highest BCUT2D eigenvalue weighted by Crippen LogP contribution is 2.45. The first-order valence-electron chi connectivity index (χ1n) is 13.2. The molecule has 4 aliphatic rings. The van der Waals surface area contributed by atoms with Crippen molar-refractivity contribution in [3.05, 3.63) is 65.5 Å². The molecule has 2 saturated heterocycles. The van der Waals surface area contributed by atoms with E-state index in [1.807, 2.05) is 0 Å². The molecule has 0 unspecified atom stereocenters. The number of rotatable bonds is 3. The van der Waals surface area contributed by atoms with Gasteiger partial charge in [0, 0.05) is 65.8 Å². The Hall–Kier alpha value is -3.27. The maximum absolute atomic E-state index is 6.69. The number of nitrogens with zero attached hydrogens (tertiary/aromatic N) is 2. The molecule has 0 saturated carbocycles. The Balaban J connectivity index is 1.64. The Labute approximate surface area is 207 Å². The molecule has 4 heteroatoms. The Morgan fingerprint density at radius 3 is 2.43 bits per heavy atom. The smallest absolute Gasteiger partial charge is 0.203 e. The summed E-state index contributed by atoms with van der Waals surface area (Å²) >= 11 is 0. The van der Waals surface area contributed by atoms with Crippen molar-refractivity contribution in [3.63, 3.8) is 0 Å². The fourth-order valence-corrected chi connectivity index (χ4v) is 5.97. The summed E-state index contributed by atoms with van der Waals surface area (Å²) in [6.07, 6.45) is 7.70. The van der Waals surface area contributed by atoms with Crippen molar-refractivity contribution in [2.45, 2.75) is 45.4 Å². The predicted molar refractivity (Wildman–Crippen MR) is 144 cm³/mol. The number of hydrogen-bond acceptors (Lipinski definition) is 3. The summed E-state index contributed by atoms with van der Waals surface area (Å²) < 4.78 is 15.1. The van der Waals surface area contributed by atoms with Crippen LogP contribution in [0.25, 0.3) is 33.4 Å². The van der Waals surface area contributed by atoms with Gasteiger partial charge in [-0.2, -0.15) is 0 Å². The van der Waals surface area contributed by atoms with Crippen molar-refractivity contribution in [1.29, 1.82) is 0 Å². The first kappa shape index (κ1) is 22.2. The zero-order valence-corrected chi connectivity index (χ0v) is 21.0. The summed E-state index contributed by atoms with van der Waals surface area (Å²) in [4.78, 5) is 2.50. The lowest BCUT2D eigenvalue weighted by Crippen LogP contribution is -2.34. The second kappa shape index (κ2) is 9.41. The van der Waals surface area contributed by atoms with Gasteiger partial charge in [-0.15, -0.1) is 0 Å². The minimum atomic E-state index is 0.902. The van der Waals surface area contributed by atoms with Gasteiger partial charge in [-0.05, 0) is 62.4 Å². The fraction of sp³-hybridized carbons (Fsp3) is 0.387. The molecule has 180 valence electrons. The zero-order valence-electron chi connectivity index (χ0n) is 21.0. The molecule has 4 nitrogen and oxygen atoms in total. The monoisotopic (exact) mass is 467 g/mol. The molecular formula is C31H35N2O2+. The van der Waals surface area contributed by atoms with Crippen LogP contribution < -0.4 is 19.6 Å². The molecule has 0 radical (unpaired) electrons. The normalized spacial score (nSPS) is 16.7. The maximum Gasteiger partial charge on any atom is 0.203 e. The minimum absolute atomic E-state index is 0.902. The Kier molecular flexibility index (Phi) is 5.97. The van der Waals surface area contributed by atoms with Crippen LogP contribution in [0, 0.1) is 6.92 Å². The Bertz CT molecular complexity index is 1400. The lowest BCUT2D eigenvalue weighted by molar-refractivity contribution is 0.416. The van der Waals surface area contributed by atoms with Crippen molar-refractivity contribution in [1.82, 2.24) is 4.58 Å². The second-order valence-corrected chi connectivity index (χ2v) is 10.1. The van der Waals surface area contributed by atoms with Crippen molar-refractivity contribution in [3.8, 4) is 28.2 Å². The Morgan fingerprint density at radius 2 is 1.63 bits per heavy atom. The van der Waals surface area contributed by atoms with Crippen molar-refractivity contribution < 1.29 is 9.15 Å².